The smallest absolute Gasteiger partial charge is 0.259 e. The van der Waals surface area contributed by atoms with Crippen LogP contribution in [0.15, 0.2) is 59.0 Å². The molecule has 0 aliphatic rings. The molecule has 0 atom stereocenters. The third-order valence-electron chi connectivity index (χ3n) is 4.68. The van der Waals surface area contributed by atoms with Crippen LogP contribution in [0, 0.1) is 0 Å². The number of carbonyl (C=O) groups is 1. The fraction of sp³-hybridized carbons (Fsp3) is 0.130. The molecule has 0 radical (unpaired) electrons. The van der Waals surface area contributed by atoms with E-state index in [1.807, 2.05) is 30.3 Å². The van der Waals surface area contributed by atoms with E-state index >= 15 is 0 Å². The van der Waals surface area contributed by atoms with Gasteiger partial charge in [0.1, 0.15) is 11.3 Å². The van der Waals surface area contributed by atoms with Crippen molar-refractivity contribution in [2.45, 2.75) is 13.3 Å². The second kappa shape index (κ2) is 8.38. The molecule has 0 fully saturated rings. The van der Waals surface area contributed by atoms with Gasteiger partial charge >= 0.3 is 0 Å². The number of anilines is 1. The molecule has 1 aromatic heterocycles. The summed E-state index contributed by atoms with van der Waals surface area (Å²) >= 11 is 12.2. The van der Waals surface area contributed by atoms with Crippen LogP contribution in [-0.4, -0.2) is 18.0 Å². The number of amides is 1. The fourth-order valence-corrected chi connectivity index (χ4v) is 3.75. The number of carbonyl (C=O) groups excluding carboxylic acids is 1. The van der Waals surface area contributed by atoms with Gasteiger partial charge in [0.15, 0.2) is 5.58 Å². The summed E-state index contributed by atoms with van der Waals surface area (Å²) in [5.41, 5.74) is 4.28. The average molecular weight is 441 g/mol. The van der Waals surface area contributed by atoms with Crippen molar-refractivity contribution in [3.63, 3.8) is 0 Å². The van der Waals surface area contributed by atoms with Gasteiger partial charge in [-0.2, -0.15) is 0 Å². The van der Waals surface area contributed by atoms with Crippen molar-refractivity contribution in [1.29, 1.82) is 0 Å². The van der Waals surface area contributed by atoms with Gasteiger partial charge < -0.3 is 14.5 Å². The van der Waals surface area contributed by atoms with E-state index in [1.165, 1.54) is 24.8 Å². The van der Waals surface area contributed by atoms with Gasteiger partial charge in [0, 0.05) is 16.3 Å². The lowest BCUT2D eigenvalue weighted by molar-refractivity contribution is 0.102. The average Bonchev–Trinajstić information content (AvgIpc) is 3.16. The summed E-state index contributed by atoms with van der Waals surface area (Å²) in [6, 6.07) is 16.3. The Morgan fingerprint density at radius 1 is 1.13 bits per heavy atom. The third-order valence-corrected chi connectivity index (χ3v) is 5.18. The minimum absolute atomic E-state index is 0.245. The number of aromatic nitrogens is 1. The van der Waals surface area contributed by atoms with E-state index in [2.05, 4.69) is 17.2 Å². The van der Waals surface area contributed by atoms with E-state index in [1.54, 1.807) is 12.1 Å². The lowest BCUT2D eigenvalue weighted by Gasteiger charge is -2.12. The highest BCUT2D eigenvalue weighted by Gasteiger charge is 2.17. The third kappa shape index (κ3) is 3.99. The Hall–Kier alpha value is -3.02. The van der Waals surface area contributed by atoms with Crippen LogP contribution < -0.4 is 10.1 Å². The zero-order valence-corrected chi connectivity index (χ0v) is 17.8. The highest BCUT2D eigenvalue weighted by molar-refractivity contribution is 6.36. The van der Waals surface area contributed by atoms with Crippen LogP contribution in [0.1, 0.15) is 22.8 Å². The maximum Gasteiger partial charge on any atom is 0.259 e. The normalized spacial score (nSPS) is 10.9. The number of rotatable bonds is 5. The van der Waals surface area contributed by atoms with Gasteiger partial charge in [0.2, 0.25) is 5.89 Å². The largest absolute Gasteiger partial charge is 0.494 e. The zero-order valence-electron chi connectivity index (χ0n) is 16.3. The first-order valence-corrected chi connectivity index (χ1v) is 10.1. The van der Waals surface area contributed by atoms with Gasteiger partial charge in [-0.05, 0) is 54.4 Å². The molecule has 5 nitrogen and oxygen atoms in total. The van der Waals surface area contributed by atoms with E-state index in [9.17, 15) is 4.79 Å². The highest BCUT2D eigenvalue weighted by atomic mass is 35.5. The standard InChI is InChI=1S/C23H18Cl2N2O3/c1-3-13-7-8-20-19(9-13)27-23(30-20)14-5-4-6-16(10-14)26-22(28)17-11-15(24)12-18(25)21(17)29-2/h4-12H,3H2,1-2H3,(H,26,28). The van der Waals surface area contributed by atoms with Gasteiger partial charge in [-0.15, -0.1) is 0 Å². The van der Waals surface area contributed by atoms with Crippen molar-refractivity contribution in [2.75, 3.05) is 12.4 Å². The van der Waals surface area contributed by atoms with Gasteiger partial charge in [-0.25, -0.2) is 4.98 Å². The van der Waals surface area contributed by atoms with Gasteiger partial charge in [0.25, 0.3) is 5.91 Å². The quantitative estimate of drug-likeness (QED) is 0.378. The van der Waals surface area contributed by atoms with Crippen molar-refractivity contribution < 1.29 is 13.9 Å². The number of aryl methyl sites for hydroxylation is 1. The summed E-state index contributed by atoms with van der Waals surface area (Å²) in [6.07, 6.45) is 0.927. The first-order chi connectivity index (χ1) is 14.5. The summed E-state index contributed by atoms with van der Waals surface area (Å²) in [5.74, 6) is 0.358. The molecule has 0 aliphatic heterocycles. The topological polar surface area (TPSA) is 64.4 Å². The summed E-state index contributed by atoms with van der Waals surface area (Å²) in [6.45, 7) is 2.09. The molecule has 4 rings (SSSR count). The monoisotopic (exact) mass is 440 g/mol. The Kier molecular flexibility index (Phi) is 5.66. The Bertz CT molecular complexity index is 1250. The Morgan fingerprint density at radius 2 is 1.97 bits per heavy atom. The number of hydrogen-bond donors (Lipinski definition) is 1. The molecule has 152 valence electrons. The van der Waals surface area contributed by atoms with E-state index in [4.69, 9.17) is 32.4 Å². The number of hydrogen-bond acceptors (Lipinski definition) is 4. The minimum atomic E-state index is -0.390. The molecule has 1 amide bonds. The van der Waals surface area contributed by atoms with Gasteiger partial charge in [-0.1, -0.05) is 42.3 Å². The molecule has 0 saturated carbocycles. The molecule has 0 bridgehead atoms. The lowest BCUT2D eigenvalue weighted by atomic mass is 10.1. The molecule has 1 N–H and O–H groups in total. The number of benzene rings is 3. The van der Waals surface area contributed by atoms with Crippen LogP contribution >= 0.6 is 23.2 Å². The lowest BCUT2D eigenvalue weighted by Crippen LogP contribution is -2.13. The van der Waals surface area contributed by atoms with Crippen LogP contribution in [0.4, 0.5) is 5.69 Å². The fourth-order valence-electron chi connectivity index (χ4n) is 3.18. The predicted molar refractivity (Wildman–Crippen MR) is 120 cm³/mol. The molecule has 0 unspecified atom stereocenters. The Labute approximate surface area is 183 Å². The molecule has 0 saturated heterocycles. The van der Waals surface area contributed by atoms with Gasteiger partial charge in [-0.3, -0.25) is 4.79 Å². The highest BCUT2D eigenvalue weighted by Crippen LogP contribution is 2.33. The van der Waals surface area contributed by atoms with Crippen LogP contribution in [0.2, 0.25) is 10.0 Å². The van der Waals surface area contributed by atoms with Crippen molar-refractivity contribution in [3.05, 3.63) is 75.8 Å². The number of nitrogens with one attached hydrogen (secondary N) is 1. The van der Waals surface area contributed by atoms with Crippen LogP contribution in [-0.2, 0) is 6.42 Å². The van der Waals surface area contributed by atoms with Gasteiger partial charge in [0.05, 0.1) is 17.7 Å². The van der Waals surface area contributed by atoms with Crippen molar-refractivity contribution in [2.24, 2.45) is 0 Å². The van der Waals surface area contributed by atoms with Crippen molar-refractivity contribution in [3.8, 4) is 17.2 Å². The maximum atomic E-state index is 12.8. The molecular weight excluding hydrogens is 423 g/mol. The minimum Gasteiger partial charge on any atom is -0.494 e. The molecule has 4 aromatic rings. The summed E-state index contributed by atoms with van der Waals surface area (Å²) in [5, 5.41) is 3.45. The second-order valence-corrected chi connectivity index (χ2v) is 7.52. The number of fused-ring (bicyclic) bond motifs is 1. The van der Waals surface area contributed by atoms with Crippen LogP contribution in [0.3, 0.4) is 0 Å². The van der Waals surface area contributed by atoms with Crippen LogP contribution in [0.5, 0.6) is 5.75 Å². The van der Waals surface area contributed by atoms with E-state index in [0.717, 1.165) is 23.1 Å². The van der Waals surface area contributed by atoms with E-state index in [0.29, 0.717) is 16.6 Å². The summed E-state index contributed by atoms with van der Waals surface area (Å²) in [7, 11) is 1.45. The number of halogens is 2. The Balaban J connectivity index is 1.64. The first-order valence-electron chi connectivity index (χ1n) is 9.32. The molecule has 0 spiro atoms. The van der Waals surface area contributed by atoms with Crippen LogP contribution in [0.25, 0.3) is 22.6 Å². The van der Waals surface area contributed by atoms with E-state index < -0.39 is 5.91 Å². The second-order valence-electron chi connectivity index (χ2n) is 6.68. The number of ether oxygens (including phenoxy) is 1. The summed E-state index contributed by atoms with van der Waals surface area (Å²) in [4.78, 5) is 17.4. The first kappa shape index (κ1) is 20.3. The molecule has 3 aromatic carbocycles. The van der Waals surface area contributed by atoms with Crippen molar-refractivity contribution >= 4 is 45.9 Å². The molecule has 1 heterocycles. The predicted octanol–water partition coefficient (Wildman–Crippen LogP) is 6.62. The SMILES string of the molecule is CCc1ccc2oc(-c3cccc(NC(=O)c4cc(Cl)cc(Cl)c4OC)c3)nc2c1. The number of oxazole rings is 1. The van der Waals surface area contributed by atoms with E-state index in [-0.39, 0.29) is 16.3 Å². The summed E-state index contributed by atoms with van der Waals surface area (Å²) < 4.78 is 11.1. The molecule has 0 aliphatic carbocycles. The number of methoxy groups -OCH3 is 1. The maximum absolute atomic E-state index is 12.8. The molecular formula is C23H18Cl2N2O3. The molecule has 30 heavy (non-hydrogen) atoms. The Morgan fingerprint density at radius 3 is 2.73 bits per heavy atom. The zero-order chi connectivity index (χ0) is 21.3. The number of nitrogens with zero attached hydrogens (tertiary/aromatic N) is 1. The van der Waals surface area contributed by atoms with Crippen molar-refractivity contribution in [1.82, 2.24) is 4.98 Å². The molecule has 7 heteroatoms.